The van der Waals surface area contributed by atoms with Crippen molar-refractivity contribution < 1.29 is 13.9 Å². The van der Waals surface area contributed by atoms with Gasteiger partial charge in [0.05, 0.1) is 25.2 Å². The Morgan fingerprint density at radius 2 is 1.83 bits per heavy atom. The number of ketones is 1. The number of hydrogen-bond acceptors (Lipinski definition) is 6. The Hall–Kier alpha value is -3.32. The molecule has 1 atom stereocenters. The smallest absolute Gasteiger partial charge is 0.192 e. The minimum Gasteiger partial charge on any atom is -0.497 e. The third-order valence-electron chi connectivity index (χ3n) is 4.67. The summed E-state index contributed by atoms with van der Waals surface area (Å²) < 4.78 is 12.8. The Kier molecular flexibility index (Phi) is 5.99. The minimum absolute atomic E-state index is 0.0548. The van der Waals surface area contributed by atoms with Crippen LogP contribution in [0, 0.1) is 0 Å². The lowest BCUT2D eigenvalue weighted by Crippen LogP contribution is -2.15. The number of benzene rings is 2. The Labute approximate surface area is 178 Å². The fraction of sp³-hybridized carbons (Fsp3) is 0.174. The van der Waals surface area contributed by atoms with Crippen molar-refractivity contribution in [2.45, 2.75) is 23.9 Å². The minimum atomic E-state index is -0.310. The molecule has 0 amide bonds. The lowest BCUT2D eigenvalue weighted by Gasteiger charge is -2.12. The lowest BCUT2D eigenvalue weighted by atomic mass is 10.1. The van der Waals surface area contributed by atoms with Crippen molar-refractivity contribution in [3.63, 3.8) is 0 Å². The SMILES string of the molecule is COc1ccc(-c2nnc(SC(C)C(=O)c3ccccc3)n2Cc2ccco2)cc1. The second-order valence-electron chi connectivity index (χ2n) is 6.69. The summed E-state index contributed by atoms with van der Waals surface area (Å²) in [6.07, 6.45) is 1.64. The van der Waals surface area contributed by atoms with Gasteiger partial charge in [0.1, 0.15) is 11.5 Å². The molecule has 0 saturated carbocycles. The van der Waals surface area contributed by atoms with E-state index in [0.29, 0.717) is 23.1 Å². The summed E-state index contributed by atoms with van der Waals surface area (Å²) in [6.45, 7) is 2.36. The first kappa shape index (κ1) is 20.0. The second kappa shape index (κ2) is 9.00. The molecule has 0 N–H and O–H groups in total. The highest BCUT2D eigenvalue weighted by Crippen LogP contribution is 2.30. The van der Waals surface area contributed by atoms with E-state index in [-0.39, 0.29) is 11.0 Å². The van der Waals surface area contributed by atoms with E-state index < -0.39 is 0 Å². The number of methoxy groups -OCH3 is 1. The second-order valence-corrected chi connectivity index (χ2v) is 8.00. The average molecular weight is 420 g/mol. The van der Waals surface area contributed by atoms with Crippen molar-refractivity contribution in [3.05, 3.63) is 84.3 Å². The molecular weight excluding hydrogens is 398 g/mol. The van der Waals surface area contributed by atoms with E-state index in [1.165, 1.54) is 11.8 Å². The third kappa shape index (κ3) is 4.31. The summed E-state index contributed by atoms with van der Waals surface area (Å²) in [5.41, 5.74) is 1.59. The van der Waals surface area contributed by atoms with E-state index in [0.717, 1.165) is 17.1 Å². The monoisotopic (exact) mass is 419 g/mol. The van der Waals surface area contributed by atoms with Gasteiger partial charge in [-0.3, -0.25) is 9.36 Å². The number of nitrogens with zero attached hydrogens (tertiary/aromatic N) is 3. The summed E-state index contributed by atoms with van der Waals surface area (Å²) >= 11 is 1.39. The van der Waals surface area contributed by atoms with Crippen molar-refractivity contribution in [1.29, 1.82) is 0 Å². The van der Waals surface area contributed by atoms with Crippen LogP contribution >= 0.6 is 11.8 Å². The molecule has 0 aliphatic carbocycles. The molecule has 4 aromatic rings. The molecule has 2 aromatic heterocycles. The van der Waals surface area contributed by atoms with Gasteiger partial charge in [0.25, 0.3) is 0 Å². The fourth-order valence-corrected chi connectivity index (χ4v) is 4.00. The van der Waals surface area contributed by atoms with E-state index in [2.05, 4.69) is 10.2 Å². The van der Waals surface area contributed by atoms with Gasteiger partial charge >= 0.3 is 0 Å². The van der Waals surface area contributed by atoms with E-state index in [4.69, 9.17) is 9.15 Å². The number of carbonyl (C=O) groups is 1. The summed E-state index contributed by atoms with van der Waals surface area (Å²) in [5, 5.41) is 9.14. The quantitative estimate of drug-likeness (QED) is 0.297. The van der Waals surface area contributed by atoms with Crippen LogP contribution in [0.5, 0.6) is 5.75 Å². The zero-order valence-corrected chi connectivity index (χ0v) is 17.5. The predicted molar refractivity (Wildman–Crippen MR) is 116 cm³/mol. The highest BCUT2D eigenvalue weighted by atomic mass is 32.2. The maximum absolute atomic E-state index is 12.8. The van der Waals surface area contributed by atoms with Gasteiger partial charge in [0.15, 0.2) is 16.8 Å². The molecule has 0 radical (unpaired) electrons. The number of thioether (sulfide) groups is 1. The van der Waals surface area contributed by atoms with E-state index in [9.17, 15) is 4.79 Å². The zero-order valence-electron chi connectivity index (χ0n) is 16.7. The first-order valence-corrected chi connectivity index (χ1v) is 10.4. The highest BCUT2D eigenvalue weighted by Gasteiger charge is 2.22. The fourth-order valence-electron chi connectivity index (χ4n) is 3.08. The molecule has 2 heterocycles. The molecule has 0 bridgehead atoms. The number of furan rings is 1. The van der Waals surface area contributed by atoms with Gasteiger partial charge in [-0.15, -0.1) is 10.2 Å². The standard InChI is InChI=1S/C23H21N3O3S/c1-16(21(27)17-7-4-3-5-8-17)30-23-25-24-22(18-10-12-19(28-2)13-11-18)26(23)15-20-9-6-14-29-20/h3-14,16H,15H2,1-2H3. The van der Waals surface area contributed by atoms with Gasteiger partial charge in [-0.05, 0) is 43.3 Å². The van der Waals surface area contributed by atoms with Crippen LogP contribution in [-0.2, 0) is 6.54 Å². The molecule has 2 aromatic carbocycles. The molecule has 152 valence electrons. The van der Waals surface area contributed by atoms with Crippen molar-refractivity contribution in [2.75, 3.05) is 7.11 Å². The van der Waals surface area contributed by atoms with E-state index >= 15 is 0 Å². The molecule has 6 nitrogen and oxygen atoms in total. The van der Waals surface area contributed by atoms with Crippen molar-refractivity contribution >= 4 is 17.5 Å². The predicted octanol–water partition coefficient (Wildman–Crippen LogP) is 4.96. The van der Waals surface area contributed by atoms with Gasteiger partial charge in [0, 0.05) is 11.1 Å². The van der Waals surface area contributed by atoms with Crippen LogP contribution in [0.3, 0.4) is 0 Å². The number of Topliss-reactive ketones (excluding diaryl/α,β-unsaturated/α-hetero) is 1. The van der Waals surface area contributed by atoms with Crippen LogP contribution in [0.15, 0.2) is 82.6 Å². The van der Waals surface area contributed by atoms with Gasteiger partial charge in [0.2, 0.25) is 0 Å². The summed E-state index contributed by atoms with van der Waals surface area (Å²) in [5.74, 6) is 2.32. The van der Waals surface area contributed by atoms with Crippen molar-refractivity contribution in [3.8, 4) is 17.1 Å². The molecule has 0 fully saturated rings. The summed E-state index contributed by atoms with van der Waals surface area (Å²) in [4.78, 5) is 12.8. The maximum Gasteiger partial charge on any atom is 0.192 e. The summed E-state index contributed by atoms with van der Waals surface area (Å²) in [7, 11) is 1.63. The van der Waals surface area contributed by atoms with Crippen LogP contribution in [-0.4, -0.2) is 32.9 Å². The van der Waals surface area contributed by atoms with Gasteiger partial charge < -0.3 is 9.15 Å². The number of ether oxygens (including phenoxy) is 1. The van der Waals surface area contributed by atoms with Crippen LogP contribution in [0.25, 0.3) is 11.4 Å². The van der Waals surface area contributed by atoms with Gasteiger partial charge in [-0.25, -0.2) is 0 Å². The lowest BCUT2D eigenvalue weighted by molar-refractivity contribution is 0.0994. The Morgan fingerprint density at radius 3 is 2.50 bits per heavy atom. The molecule has 0 aliphatic heterocycles. The number of hydrogen-bond donors (Lipinski definition) is 0. The molecule has 0 spiro atoms. The molecule has 0 aliphatic rings. The molecule has 7 heteroatoms. The number of carbonyl (C=O) groups excluding carboxylic acids is 1. The normalized spacial score (nSPS) is 11.9. The number of rotatable bonds is 8. The van der Waals surface area contributed by atoms with Crippen LogP contribution in [0.4, 0.5) is 0 Å². The molecule has 1 unspecified atom stereocenters. The first-order chi connectivity index (χ1) is 14.7. The van der Waals surface area contributed by atoms with E-state index in [1.807, 2.05) is 78.2 Å². The topological polar surface area (TPSA) is 70.2 Å². The maximum atomic E-state index is 12.8. The Balaban J connectivity index is 1.65. The van der Waals surface area contributed by atoms with E-state index in [1.54, 1.807) is 13.4 Å². The largest absolute Gasteiger partial charge is 0.497 e. The molecular formula is C23H21N3O3S. The molecule has 30 heavy (non-hydrogen) atoms. The van der Waals surface area contributed by atoms with Gasteiger partial charge in [-0.2, -0.15) is 0 Å². The highest BCUT2D eigenvalue weighted by molar-refractivity contribution is 8.00. The average Bonchev–Trinajstić information content (AvgIpc) is 3.45. The summed E-state index contributed by atoms with van der Waals surface area (Å²) in [6, 6.07) is 20.7. The van der Waals surface area contributed by atoms with Gasteiger partial charge in [-0.1, -0.05) is 42.1 Å². The van der Waals surface area contributed by atoms with Crippen LogP contribution < -0.4 is 4.74 Å². The Morgan fingerprint density at radius 1 is 1.07 bits per heavy atom. The third-order valence-corrected chi connectivity index (χ3v) is 5.75. The molecule has 4 rings (SSSR count). The van der Waals surface area contributed by atoms with Crippen molar-refractivity contribution in [2.24, 2.45) is 0 Å². The van der Waals surface area contributed by atoms with Crippen molar-refractivity contribution in [1.82, 2.24) is 14.8 Å². The zero-order chi connectivity index (χ0) is 20.9. The first-order valence-electron chi connectivity index (χ1n) is 9.51. The van der Waals surface area contributed by atoms with Crippen LogP contribution in [0.2, 0.25) is 0 Å². The van der Waals surface area contributed by atoms with Crippen LogP contribution in [0.1, 0.15) is 23.0 Å². The Bertz CT molecular complexity index is 1110. The molecule has 0 saturated heterocycles. The number of aromatic nitrogens is 3.